The number of carbonyl (C=O) groups is 1. The van der Waals surface area contributed by atoms with Gasteiger partial charge < -0.3 is 20.3 Å². The molecule has 0 aromatic carbocycles. The Balaban J connectivity index is 2.37. The van der Waals surface area contributed by atoms with E-state index in [1.54, 1.807) is 0 Å². The Morgan fingerprint density at radius 2 is 2.15 bits per heavy atom. The van der Waals surface area contributed by atoms with Crippen LogP contribution in [0.4, 0.5) is 10.2 Å². The van der Waals surface area contributed by atoms with Crippen molar-refractivity contribution < 1.29 is 24.1 Å². The van der Waals surface area contributed by atoms with E-state index >= 15 is 0 Å². The molecule has 2 rings (SSSR count). The molecule has 1 aromatic heterocycles. The molecular weight excluding hydrogens is 273 g/mol. The van der Waals surface area contributed by atoms with E-state index in [0.29, 0.717) is 0 Å². The number of hydrogen-bond acceptors (Lipinski definition) is 6. The Kier molecular flexibility index (Phi) is 3.84. The summed E-state index contributed by atoms with van der Waals surface area (Å²) in [5, 5.41) is 21.4. The van der Waals surface area contributed by atoms with Crippen LogP contribution in [0.3, 0.4) is 0 Å². The third-order valence-electron chi connectivity index (χ3n) is 2.95. The second kappa shape index (κ2) is 5.27. The van der Waals surface area contributed by atoms with Gasteiger partial charge in [0.1, 0.15) is 12.2 Å². The molecule has 0 spiro atoms. The minimum Gasteiger partial charge on any atom is -0.388 e. The monoisotopic (exact) mass is 287 g/mol. The number of rotatable bonds is 2. The Morgan fingerprint density at radius 3 is 2.65 bits per heavy atom. The highest BCUT2D eigenvalue weighted by Gasteiger charge is 2.42. The van der Waals surface area contributed by atoms with Crippen molar-refractivity contribution in [2.45, 2.75) is 38.4 Å². The molecular formula is C11H14FN3O5. The van der Waals surface area contributed by atoms with Crippen molar-refractivity contribution in [3.05, 3.63) is 22.5 Å². The molecule has 1 amide bonds. The van der Waals surface area contributed by atoms with E-state index in [1.165, 1.54) is 6.92 Å². The molecule has 0 aliphatic carbocycles. The van der Waals surface area contributed by atoms with Crippen LogP contribution in [0.2, 0.25) is 0 Å². The number of carbonyl (C=O) groups excluding carboxylic acids is 1. The average Bonchev–Trinajstić information content (AvgIpc) is 2.61. The second-order valence-electron chi connectivity index (χ2n) is 4.52. The molecule has 1 fully saturated rings. The van der Waals surface area contributed by atoms with E-state index in [0.717, 1.165) is 17.7 Å². The lowest BCUT2D eigenvalue weighted by Crippen LogP contribution is -2.36. The summed E-state index contributed by atoms with van der Waals surface area (Å²) in [6.45, 7) is 2.66. The normalized spacial score (nSPS) is 29.4. The van der Waals surface area contributed by atoms with Crippen molar-refractivity contribution in [3.63, 3.8) is 0 Å². The fraction of sp³-hybridized carbons (Fsp3) is 0.545. The van der Waals surface area contributed by atoms with Crippen LogP contribution in [-0.2, 0) is 9.53 Å². The molecule has 0 bridgehead atoms. The smallest absolute Gasteiger partial charge is 0.351 e. The van der Waals surface area contributed by atoms with Crippen LogP contribution in [0.15, 0.2) is 11.0 Å². The van der Waals surface area contributed by atoms with Crippen molar-refractivity contribution >= 4 is 11.7 Å². The zero-order valence-electron chi connectivity index (χ0n) is 10.8. The van der Waals surface area contributed by atoms with Gasteiger partial charge in [0.15, 0.2) is 17.9 Å². The van der Waals surface area contributed by atoms with Crippen molar-refractivity contribution in [2.24, 2.45) is 0 Å². The van der Waals surface area contributed by atoms with Crippen molar-refractivity contribution in [3.8, 4) is 0 Å². The molecule has 8 nitrogen and oxygen atoms in total. The van der Waals surface area contributed by atoms with Gasteiger partial charge in [0.2, 0.25) is 5.91 Å². The summed E-state index contributed by atoms with van der Waals surface area (Å²) >= 11 is 0. The number of amides is 1. The molecule has 9 heteroatoms. The highest BCUT2D eigenvalue weighted by molar-refractivity contribution is 5.87. The number of aromatic nitrogens is 2. The van der Waals surface area contributed by atoms with Crippen molar-refractivity contribution in [2.75, 3.05) is 5.32 Å². The van der Waals surface area contributed by atoms with Gasteiger partial charge in [0, 0.05) is 6.92 Å². The van der Waals surface area contributed by atoms with Crippen LogP contribution in [0, 0.1) is 5.82 Å². The predicted octanol–water partition coefficient (Wildman–Crippen LogP) is -1.02. The van der Waals surface area contributed by atoms with Gasteiger partial charge in [-0.25, -0.2) is 9.18 Å². The molecule has 4 atom stereocenters. The quantitative estimate of drug-likeness (QED) is 0.641. The molecule has 1 aromatic rings. The number of hydrogen-bond donors (Lipinski definition) is 3. The highest BCUT2D eigenvalue weighted by atomic mass is 19.1. The van der Waals surface area contributed by atoms with Gasteiger partial charge in [-0.3, -0.25) is 9.36 Å². The highest BCUT2D eigenvalue weighted by Crippen LogP contribution is 2.28. The van der Waals surface area contributed by atoms with Gasteiger partial charge in [-0.05, 0) is 6.92 Å². The number of aliphatic hydroxyl groups is 2. The number of ether oxygens (including phenoxy) is 1. The van der Waals surface area contributed by atoms with Crippen molar-refractivity contribution in [1.82, 2.24) is 9.55 Å². The summed E-state index contributed by atoms with van der Waals surface area (Å²) < 4.78 is 19.7. The standard InChI is InChI=1S/C11H14FN3O5/c1-4-7(17)8(18)10(20-4)15-3-6(12)9(13-5(2)16)14-11(15)19/h3-4,7-8,10,17-18H,1-2H3,(H,13,14,16,19)/t4-,7?,8?,10-/m1/s1. The van der Waals surface area contributed by atoms with Gasteiger partial charge in [-0.1, -0.05) is 0 Å². The largest absolute Gasteiger partial charge is 0.388 e. The minimum atomic E-state index is -1.38. The summed E-state index contributed by atoms with van der Waals surface area (Å²) in [5.74, 6) is -2.03. The fourth-order valence-electron chi connectivity index (χ4n) is 1.94. The van der Waals surface area contributed by atoms with Crippen LogP contribution in [0.5, 0.6) is 0 Å². The SMILES string of the molecule is CC(=O)Nc1nc(=O)n([C@@H]2O[C@H](C)C(O)C2O)cc1F. The maximum Gasteiger partial charge on any atom is 0.351 e. The third-order valence-corrected chi connectivity index (χ3v) is 2.95. The predicted molar refractivity (Wildman–Crippen MR) is 64.4 cm³/mol. The molecule has 2 heterocycles. The molecule has 1 aliphatic heterocycles. The first-order valence-electron chi connectivity index (χ1n) is 5.89. The van der Waals surface area contributed by atoms with E-state index in [1.807, 2.05) is 0 Å². The average molecular weight is 287 g/mol. The Hall–Kier alpha value is -1.84. The maximum atomic E-state index is 13.7. The summed E-state index contributed by atoms with van der Waals surface area (Å²) in [4.78, 5) is 26.0. The molecule has 0 radical (unpaired) electrons. The van der Waals surface area contributed by atoms with Gasteiger partial charge in [-0.15, -0.1) is 0 Å². The molecule has 3 N–H and O–H groups in total. The van der Waals surface area contributed by atoms with Gasteiger partial charge in [0.05, 0.1) is 12.3 Å². The van der Waals surface area contributed by atoms with Crippen molar-refractivity contribution in [1.29, 1.82) is 0 Å². The summed E-state index contributed by atoms with van der Waals surface area (Å²) in [5.41, 5.74) is -0.916. The number of aliphatic hydroxyl groups excluding tert-OH is 2. The number of anilines is 1. The molecule has 1 aliphatic rings. The van der Waals surface area contributed by atoms with E-state index in [9.17, 15) is 24.2 Å². The summed E-state index contributed by atoms with van der Waals surface area (Å²) in [6.07, 6.45) is -3.75. The first-order valence-corrected chi connectivity index (χ1v) is 5.89. The Bertz CT molecular complexity index is 590. The maximum absolute atomic E-state index is 13.7. The van der Waals surface area contributed by atoms with Crippen LogP contribution >= 0.6 is 0 Å². The first kappa shape index (κ1) is 14.6. The van der Waals surface area contributed by atoms with Crippen LogP contribution < -0.4 is 11.0 Å². The lowest BCUT2D eigenvalue weighted by atomic mass is 10.1. The van der Waals surface area contributed by atoms with E-state index in [2.05, 4.69) is 10.3 Å². The first-order chi connectivity index (χ1) is 9.31. The summed E-state index contributed by atoms with van der Waals surface area (Å²) in [6, 6.07) is 0. The van der Waals surface area contributed by atoms with Gasteiger partial charge in [0.25, 0.3) is 0 Å². The molecule has 20 heavy (non-hydrogen) atoms. The van der Waals surface area contributed by atoms with Gasteiger partial charge >= 0.3 is 5.69 Å². The van der Waals surface area contributed by atoms with E-state index in [-0.39, 0.29) is 0 Å². The zero-order valence-corrected chi connectivity index (χ0v) is 10.8. The lowest BCUT2D eigenvalue weighted by Gasteiger charge is -2.17. The zero-order chi connectivity index (χ0) is 15.0. The lowest BCUT2D eigenvalue weighted by molar-refractivity contribution is -0.114. The Labute approximate surface area is 112 Å². The molecule has 1 saturated heterocycles. The minimum absolute atomic E-state index is 0.500. The topological polar surface area (TPSA) is 114 Å². The summed E-state index contributed by atoms with van der Waals surface area (Å²) in [7, 11) is 0. The van der Waals surface area contributed by atoms with Crippen LogP contribution in [0.1, 0.15) is 20.1 Å². The van der Waals surface area contributed by atoms with E-state index in [4.69, 9.17) is 4.74 Å². The van der Waals surface area contributed by atoms with E-state index < -0.39 is 47.8 Å². The Morgan fingerprint density at radius 1 is 1.50 bits per heavy atom. The molecule has 0 saturated carbocycles. The second-order valence-corrected chi connectivity index (χ2v) is 4.52. The number of nitrogens with zero attached hydrogens (tertiary/aromatic N) is 2. The number of halogens is 1. The molecule has 110 valence electrons. The molecule has 2 unspecified atom stereocenters. The third kappa shape index (κ3) is 2.55. The van der Waals surface area contributed by atoms with Crippen LogP contribution in [0.25, 0.3) is 0 Å². The van der Waals surface area contributed by atoms with Crippen LogP contribution in [-0.4, -0.2) is 44.0 Å². The number of nitrogens with one attached hydrogen (secondary N) is 1. The fourth-order valence-corrected chi connectivity index (χ4v) is 1.94. The van der Waals surface area contributed by atoms with Gasteiger partial charge in [-0.2, -0.15) is 4.98 Å².